The molecule has 1 rings (SSSR count). The molecule has 1 aromatic heterocycles. The molecule has 110 valence electrons. The summed E-state index contributed by atoms with van der Waals surface area (Å²) in [4.78, 5) is 29.6. The monoisotopic (exact) mass is 277 g/mol. The summed E-state index contributed by atoms with van der Waals surface area (Å²) in [5, 5.41) is 2.80. The molecule has 0 aliphatic heterocycles. The van der Waals surface area contributed by atoms with Gasteiger partial charge in [0.2, 0.25) is 5.91 Å². The van der Waals surface area contributed by atoms with E-state index in [1.54, 1.807) is 19.2 Å². The number of aryl methyl sites for hydroxylation is 2. The molecule has 5 nitrogen and oxygen atoms in total. The van der Waals surface area contributed by atoms with Gasteiger partial charge in [-0.05, 0) is 32.4 Å². The maximum absolute atomic E-state index is 12.2. The van der Waals surface area contributed by atoms with E-state index in [9.17, 15) is 9.59 Å². The number of likely N-dealkylation sites (N-methyl/N-ethyl adjacent to an activating group) is 1. The molecule has 0 aliphatic carbocycles. The minimum Gasteiger partial charge on any atom is -0.355 e. The van der Waals surface area contributed by atoms with E-state index in [2.05, 4.69) is 17.2 Å². The number of hydrogen-bond donors (Lipinski definition) is 1. The third-order valence-electron chi connectivity index (χ3n) is 2.91. The molecule has 1 heterocycles. The van der Waals surface area contributed by atoms with Crippen LogP contribution in [0, 0.1) is 13.8 Å². The van der Waals surface area contributed by atoms with Gasteiger partial charge in [-0.3, -0.25) is 14.6 Å². The van der Waals surface area contributed by atoms with E-state index in [4.69, 9.17) is 0 Å². The highest BCUT2D eigenvalue weighted by Crippen LogP contribution is 2.07. The van der Waals surface area contributed by atoms with Crippen LogP contribution in [-0.2, 0) is 4.79 Å². The van der Waals surface area contributed by atoms with Crippen molar-refractivity contribution in [2.75, 3.05) is 20.1 Å². The predicted molar refractivity (Wildman–Crippen MR) is 78.6 cm³/mol. The first-order chi connectivity index (χ1) is 9.43. The molecule has 1 aromatic rings. The van der Waals surface area contributed by atoms with Crippen molar-refractivity contribution in [2.24, 2.45) is 0 Å². The van der Waals surface area contributed by atoms with Gasteiger partial charge < -0.3 is 10.2 Å². The van der Waals surface area contributed by atoms with Gasteiger partial charge in [-0.15, -0.1) is 0 Å². The van der Waals surface area contributed by atoms with E-state index in [1.165, 1.54) is 4.90 Å². The second-order valence-corrected chi connectivity index (χ2v) is 5.00. The summed E-state index contributed by atoms with van der Waals surface area (Å²) in [6.07, 6.45) is 1.98. The van der Waals surface area contributed by atoms with Crippen LogP contribution in [0.2, 0.25) is 0 Å². The van der Waals surface area contributed by atoms with E-state index in [0.717, 1.165) is 24.2 Å². The van der Waals surface area contributed by atoms with E-state index >= 15 is 0 Å². The number of amides is 2. The summed E-state index contributed by atoms with van der Waals surface area (Å²) in [5.74, 6) is -0.291. The minimum absolute atomic E-state index is 0.0724. The largest absolute Gasteiger partial charge is 0.355 e. The minimum atomic E-state index is -0.163. The highest BCUT2D eigenvalue weighted by molar-refractivity contribution is 5.96. The molecule has 20 heavy (non-hydrogen) atoms. The highest BCUT2D eigenvalue weighted by atomic mass is 16.2. The predicted octanol–water partition coefficient (Wildman–Crippen LogP) is 1.69. The number of pyridine rings is 1. The average molecular weight is 277 g/mol. The first kappa shape index (κ1) is 16.1. The zero-order valence-electron chi connectivity index (χ0n) is 12.7. The average Bonchev–Trinajstić information content (AvgIpc) is 2.36. The van der Waals surface area contributed by atoms with Crippen LogP contribution in [0.3, 0.4) is 0 Å². The van der Waals surface area contributed by atoms with Gasteiger partial charge in [-0.2, -0.15) is 0 Å². The van der Waals surface area contributed by atoms with Crippen LogP contribution in [0.15, 0.2) is 12.1 Å². The molecule has 0 saturated carbocycles. The molecule has 0 unspecified atom stereocenters. The summed E-state index contributed by atoms with van der Waals surface area (Å²) in [6.45, 7) is 6.49. The van der Waals surface area contributed by atoms with E-state index < -0.39 is 0 Å². The van der Waals surface area contributed by atoms with Crippen LogP contribution in [0.4, 0.5) is 0 Å². The van der Waals surface area contributed by atoms with Gasteiger partial charge >= 0.3 is 0 Å². The normalized spacial score (nSPS) is 10.2. The van der Waals surface area contributed by atoms with E-state index in [1.807, 2.05) is 13.8 Å². The summed E-state index contributed by atoms with van der Waals surface area (Å²) in [5.41, 5.74) is 2.17. The van der Waals surface area contributed by atoms with Crippen LogP contribution in [0.1, 0.15) is 41.5 Å². The Morgan fingerprint density at radius 1 is 1.25 bits per heavy atom. The summed E-state index contributed by atoms with van der Waals surface area (Å²) >= 11 is 0. The number of hydrogen-bond acceptors (Lipinski definition) is 3. The fourth-order valence-corrected chi connectivity index (χ4v) is 1.93. The third kappa shape index (κ3) is 4.99. The fourth-order valence-electron chi connectivity index (χ4n) is 1.93. The van der Waals surface area contributed by atoms with Gasteiger partial charge in [0.05, 0.1) is 6.54 Å². The second kappa shape index (κ2) is 7.62. The van der Waals surface area contributed by atoms with Crippen molar-refractivity contribution in [2.45, 2.75) is 33.6 Å². The van der Waals surface area contributed by atoms with Crippen LogP contribution in [0.25, 0.3) is 0 Å². The fraction of sp³-hybridized carbons (Fsp3) is 0.533. The summed E-state index contributed by atoms with van der Waals surface area (Å²) < 4.78 is 0. The molecule has 1 N–H and O–H groups in total. The second-order valence-electron chi connectivity index (χ2n) is 5.00. The van der Waals surface area contributed by atoms with Crippen molar-refractivity contribution in [3.05, 3.63) is 29.1 Å². The Bertz CT molecular complexity index is 466. The van der Waals surface area contributed by atoms with Gasteiger partial charge in [-0.25, -0.2) is 0 Å². The Labute approximate surface area is 120 Å². The third-order valence-corrected chi connectivity index (χ3v) is 2.91. The molecule has 5 heteroatoms. The smallest absolute Gasteiger partial charge is 0.254 e. The van der Waals surface area contributed by atoms with Crippen molar-refractivity contribution in [3.63, 3.8) is 0 Å². The highest BCUT2D eigenvalue weighted by Gasteiger charge is 2.15. The van der Waals surface area contributed by atoms with Gasteiger partial charge in [0.15, 0.2) is 0 Å². The van der Waals surface area contributed by atoms with Crippen LogP contribution < -0.4 is 5.32 Å². The lowest BCUT2D eigenvalue weighted by Crippen LogP contribution is -2.38. The molecule has 0 radical (unpaired) electrons. The van der Waals surface area contributed by atoms with Crippen molar-refractivity contribution in [1.29, 1.82) is 0 Å². The standard InChI is InChI=1S/C15H23N3O2/c1-5-6-7-16-14(19)10-18(4)15(20)13-8-11(2)17-12(3)9-13/h8-9H,5-7,10H2,1-4H3,(H,16,19). The lowest BCUT2D eigenvalue weighted by atomic mass is 10.2. The lowest BCUT2D eigenvalue weighted by molar-refractivity contribution is -0.121. The molecular formula is C15H23N3O2. The van der Waals surface area contributed by atoms with Crippen LogP contribution in [-0.4, -0.2) is 41.8 Å². The Morgan fingerprint density at radius 3 is 2.40 bits per heavy atom. The maximum Gasteiger partial charge on any atom is 0.254 e. The Balaban J connectivity index is 2.60. The molecule has 2 amide bonds. The van der Waals surface area contributed by atoms with Crippen LogP contribution in [0.5, 0.6) is 0 Å². The quantitative estimate of drug-likeness (QED) is 0.805. The molecule has 0 atom stereocenters. The molecule has 0 spiro atoms. The van der Waals surface area contributed by atoms with Gasteiger partial charge in [0.25, 0.3) is 5.91 Å². The molecule has 0 fully saturated rings. The molecule has 0 saturated heterocycles. The van der Waals surface area contributed by atoms with Crippen molar-refractivity contribution in [1.82, 2.24) is 15.2 Å². The molecular weight excluding hydrogens is 254 g/mol. The van der Waals surface area contributed by atoms with E-state index in [0.29, 0.717) is 12.1 Å². The lowest BCUT2D eigenvalue weighted by Gasteiger charge is -2.17. The zero-order chi connectivity index (χ0) is 15.1. The first-order valence-electron chi connectivity index (χ1n) is 6.91. The molecule has 0 aromatic carbocycles. The Morgan fingerprint density at radius 2 is 1.85 bits per heavy atom. The first-order valence-corrected chi connectivity index (χ1v) is 6.91. The molecule has 0 bridgehead atoms. The van der Waals surface area contributed by atoms with Crippen molar-refractivity contribution < 1.29 is 9.59 Å². The molecule has 0 aliphatic rings. The maximum atomic E-state index is 12.2. The Kier molecular flexibility index (Phi) is 6.15. The SMILES string of the molecule is CCCCNC(=O)CN(C)C(=O)c1cc(C)nc(C)c1. The van der Waals surface area contributed by atoms with Crippen molar-refractivity contribution in [3.8, 4) is 0 Å². The van der Waals surface area contributed by atoms with Crippen molar-refractivity contribution >= 4 is 11.8 Å². The van der Waals surface area contributed by atoms with Gasteiger partial charge in [0, 0.05) is 30.5 Å². The number of rotatable bonds is 6. The Hall–Kier alpha value is -1.91. The zero-order valence-corrected chi connectivity index (χ0v) is 12.7. The summed E-state index contributed by atoms with van der Waals surface area (Å²) in [6, 6.07) is 3.47. The van der Waals surface area contributed by atoms with Crippen LogP contribution >= 0.6 is 0 Å². The van der Waals surface area contributed by atoms with E-state index in [-0.39, 0.29) is 18.4 Å². The number of carbonyl (C=O) groups excluding carboxylic acids is 2. The number of nitrogens with one attached hydrogen (secondary N) is 1. The summed E-state index contributed by atoms with van der Waals surface area (Å²) in [7, 11) is 1.63. The number of nitrogens with zero attached hydrogens (tertiary/aromatic N) is 2. The van der Waals surface area contributed by atoms with Gasteiger partial charge in [-0.1, -0.05) is 13.3 Å². The van der Waals surface area contributed by atoms with Gasteiger partial charge in [0.1, 0.15) is 0 Å². The number of aromatic nitrogens is 1. The number of carbonyl (C=O) groups is 2. The number of unbranched alkanes of at least 4 members (excludes halogenated alkanes) is 1. The topological polar surface area (TPSA) is 62.3 Å².